The second-order valence-corrected chi connectivity index (χ2v) is 6.07. The number of carbonyl (C=O) groups excluding carboxylic acids is 2. The van der Waals surface area contributed by atoms with Crippen molar-refractivity contribution >= 4 is 17.5 Å². The van der Waals surface area contributed by atoms with Crippen LogP contribution in [0.3, 0.4) is 0 Å². The Balaban J connectivity index is 1.76. The Morgan fingerprint density at radius 3 is 2.59 bits per heavy atom. The Bertz CT molecular complexity index is 501. The number of likely N-dealkylation sites (tertiary alicyclic amines) is 1. The van der Waals surface area contributed by atoms with E-state index in [9.17, 15) is 9.59 Å². The van der Waals surface area contributed by atoms with Gasteiger partial charge >= 0.3 is 0 Å². The lowest BCUT2D eigenvalue weighted by Gasteiger charge is -2.33. The molecule has 1 atom stereocenters. The zero-order valence-electron chi connectivity index (χ0n) is 13.6. The molecule has 4 heteroatoms. The van der Waals surface area contributed by atoms with Gasteiger partial charge in [-0.25, -0.2) is 0 Å². The van der Waals surface area contributed by atoms with E-state index in [0.29, 0.717) is 25.3 Å². The molecule has 22 heavy (non-hydrogen) atoms. The van der Waals surface area contributed by atoms with E-state index in [4.69, 9.17) is 0 Å². The van der Waals surface area contributed by atoms with Crippen molar-refractivity contribution in [1.29, 1.82) is 0 Å². The van der Waals surface area contributed by atoms with E-state index >= 15 is 0 Å². The molecule has 0 bridgehead atoms. The smallest absolute Gasteiger partial charge is 0.226 e. The maximum absolute atomic E-state index is 12.2. The van der Waals surface area contributed by atoms with Gasteiger partial charge in [-0.05, 0) is 44.7 Å². The van der Waals surface area contributed by atoms with Crippen LogP contribution in [-0.4, -0.2) is 36.3 Å². The molecule has 2 amide bonds. The number of anilines is 1. The highest BCUT2D eigenvalue weighted by atomic mass is 16.2. The number of para-hydroxylation sites is 1. The van der Waals surface area contributed by atoms with E-state index in [1.165, 1.54) is 6.42 Å². The lowest BCUT2D eigenvalue weighted by atomic mass is 10.0. The fraction of sp³-hybridized carbons (Fsp3) is 0.556. The first-order valence-electron chi connectivity index (χ1n) is 8.20. The number of hydrogen-bond acceptors (Lipinski definition) is 2. The van der Waals surface area contributed by atoms with Gasteiger partial charge in [0.2, 0.25) is 11.8 Å². The molecule has 1 aliphatic rings. The lowest BCUT2D eigenvalue weighted by molar-refractivity contribution is -0.134. The first kappa shape index (κ1) is 16.5. The SMILES string of the molecule is CC1CCCCN1C(=O)CCCC(=O)N(C)c1ccccc1. The topological polar surface area (TPSA) is 40.6 Å². The molecule has 1 aliphatic heterocycles. The quantitative estimate of drug-likeness (QED) is 0.838. The van der Waals surface area contributed by atoms with Gasteiger partial charge in [0.05, 0.1) is 0 Å². The number of rotatable bonds is 5. The van der Waals surface area contributed by atoms with Crippen LogP contribution in [0, 0.1) is 0 Å². The van der Waals surface area contributed by atoms with Crippen LogP contribution in [0.15, 0.2) is 30.3 Å². The van der Waals surface area contributed by atoms with E-state index in [-0.39, 0.29) is 11.8 Å². The molecular weight excluding hydrogens is 276 g/mol. The molecule has 1 fully saturated rings. The van der Waals surface area contributed by atoms with Crippen LogP contribution in [0.4, 0.5) is 5.69 Å². The van der Waals surface area contributed by atoms with E-state index in [1.807, 2.05) is 35.2 Å². The van der Waals surface area contributed by atoms with Gasteiger partial charge in [0.15, 0.2) is 0 Å². The number of nitrogens with zero attached hydrogens (tertiary/aromatic N) is 2. The molecule has 1 unspecified atom stereocenters. The number of benzene rings is 1. The van der Waals surface area contributed by atoms with Crippen molar-refractivity contribution in [3.63, 3.8) is 0 Å². The summed E-state index contributed by atoms with van der Waals surface area (Å²) in [6.07, 6.45) is 4.93. The second kappa shape index (κ2) is 7.97. The summed E-state index contributed by atoms with van der Waals surface area (Å²) in [5, 5.41) is 0. The molecule has 0 aromatic heterocycles. The van der Waals surface area contributed by atoms with Gasteiger partial charge in [0.1, 0.15) is 0 Å². The third-order valence-corrected chi connectivity index (χ3v) is 4.42. The van der Waals surface area contributed by atoms with E-state index in [1.54, 1.807) is 11.9 Å². The Kier molecular flexibility index (Phi) is 5.99. The lowest BCUT2D eigenvalue weighted by Crippen LogP contribution is -2.42. The summed E-state index contributed by atoms with van der Waals surface area (Å²) in [4.78, 5) is 28.0. The van der Waals surface area contributed by atoms with E-state index in [0.717, 1.165) is 25.1 Å². The van der Waals surface area contributed by atoms with Crippen LogP contribution in [0.5, 0.6) is 0 Å². The summed E-state index contributed by atoms with van der Waals surface area (Å²) in [7, 11) is 1.78. The minimum Gasteiger partial charge on any atom is -0.340 e. The summed E-state index contributed by atoms with van der Waals surface area (Å²) in [6, 6.07) is 9.95. The van der Waals surface area contributed by atoms with Gasteiger partial charge in [-0.3, -0.25) is 9.59 Å². The van der Waals surface area contributed by atoms with Crippen molar-refractivity contribution < 1.29 is 9.59 Å². The molecule has 0 saturated carbocycles. The van der Waals surface area contributed by atoms with Crippen LogP contribution in [-0.2, 0) is 9.59 Å². The average Bonchev–Trinajstić information content (AvgIpc) is 2.55. The van der Waals surface area contributed by atoms with Gasteiger partial charge in [-0.15, -0.1) is 0 Å². The Hall–Kier alpha value is -1.84. The molecule has 1 saturated heterocycles. The van der Waals surface area contributed by atoms with Crippen LogP contribution in [0.1, 0.15) is 45.4 Å². The maximum Gasteiger partial charge on any atom is 0.226 e. The van der Waals surface area contributed by atoms with Crippen LogP contribution in [0.2, 0.25) is 0 Å². The van der Waals surface area contributed by atoms with Crippen molar-refractivity contribution in [2.75, 3.05) is 18.5 Å². The highest BCUT2D eigenvalue weighted by molar-refractivity contribution is 5.93. The van der Waals surface area contributed by atoms with Crippen LogP contribution >= 0.6 is 0 Å². The first-order chi connectivity index (χ1) is 10.6. The summed E-state index contributed by atoms with van der Waals surface area (Å²) >= 11 is 0. The highest BCUT2D eigenvalue weighted by Crippen LogP contribution is 2.18. The van der Waals surface area contributed by atoms with Gasteiger partial charge in [0, 0.05) is 38.2 Å². The molecular formula is C18H26N2O2. The maximum atomic E-state index is 12.2. The molecule has 2 rings (SSSR count). The molecule has 1 aromatic rings. The predicted molar refractivity (Wildman–Crippen MR) is 88.7 cm³/mol. The van der Waals surface area contributed by atoms with Crippen LogP contribution < -0.4 is 4.90 Å². The molecule has 1 heterocycles. The van der Waals surface area contributed by atoms with Crippen molar-refractivity contribution in [2.45, 2.75) is 51.5 Å². The number of piperidine rings is 1. The normalized spacial score (nSPS) is 18.1. The second-order valence-electron chi connectivity index (χ2n) is 6.07. The van der Waals surface area contributed by atoms with E-state index in [2.05, 4.69) is 6.92 Å². The molecule has 120 valence electrons. The minimum atomic E-state index is 0.0608. The fourth-order valence-corrected chi connectivity index (χ4v) is 2.97. The summed E-state index contributed by atoms with van der Waals surface area (Å²) < 4.78 is 0. The van der Waals surface area contributed by atoms with Crippen LogP contribution in [0.25, 0.3) is 0 Å². The van der Waals surface area contributed by atoms with Crippen molar-refractivity contribution in [3.8, 4) is 0 Å². The van der Waals surface area contributed by atoms with Crippen molar-refractivity contribution in [1.82, 2.24) is 4.90 Å². The van der Waals surface area contributed by atoms with Crippen molar-refractivity contribution in [2.24, 2.45) is 0 Å². The van der Waals surface area contributed by atoms with Crippen molar-refractivity contribution in [3.05, 3.63) is 30.3 Å². The zero-order chi connectivity index (χ0) is 15.9. The summed E-state index contributed by atoms with van der Waals surface area (Å²) in [5.41, 5.74) is 0.892. The minimum absolute atomic E-state index is 0.0608. The van der Waals surface area contributed by atoms with Gasteiger partial charge in [0.25, 0.3) is 0 Å². The average molecular weight is 302 g/mol. The summed E-state index contributed by atoms with van der Waals surface area (Å²) in [6.45, 7) is 2.99. The number of carbonyl (C=O) groups is 2. The first-order valence-corrected chi connectivity index (χ1v) is 8.20. The molecule has 0 N–H and O–H groups in total. The molecule has 0 aliphatic carbocycles. The molecule has 1 aromatic carbocycles. The van der Waals surface area contributed by atoms with Gasteiger partial charge in [-0.2, -0.15) is 0 Å². The zero-order valence-corrected chi connectivity index (χ0v) is 13.6. The van der Waals surface area contributed by atoms with E-state index < -0.39 is 0 Å². The van der Waals surface area contributed by atoms with Gasteiger partial charge < -0.3 is 9.80 Å². The third-order valence-electron chi connectivity index (χ3n) is 4.42. The highest BCUT2D eigenvalue weighted by Gasteiger charge is 2.22. The standard InChI is InChI=1S/C18H26N2O2/c1-15-9-6-7-14-20(15)18(22)13-8-12-17(21)19(2)16-10-4-3-5-11-16/h3-5,10-11,15H,6-9,12-14H2,1-2H3. The molecule has 4 nitrogen and oxygen atoms in total. The summed E-state index contributed by atoms with van der Waals surface area (Å²) in [5.74, 6) is 0.257. The number of hydrogen-bond donors (Lipinski definition) is 0. The van der Waals surface area contributed by atoms with Gasteiger partial charge in [-0.1, -0.05) is 18.2 Å². The Morgan fingerprint density at radius 2 is 1.91 bits per heavy atom. The largest absolute Gasteiger partial charge is 0.340 e. The monoisotopic (exact) mass is 302 g/mol. The molecule has 0 radical (unpaired) electrons. The Labute approximate surface area is 133 Å². The Morgan fingerprint density at radius 1 is 1.18 bits per heavy atom. The third kappa shape index (κ3) is 4.33. The molecule has 0 spiro atoms. The fourth-order valence-electron chi connectivity index (χ4n) is 2.97. The number of amides is 2. The predicted octanol–water partition coefficient (Wildman–Crippen LogP) is 3.22.